The molecule has 0 spiro atoms. The van der Waals surface area contributed by atoms with Gasteiger partial charge < -0.3 is 4.74 Å². The first-order valence-electron chi connectivity index (χ1n) is 6.25. The van der Waals surface area contributed by atoms with E-state index in [1.54, 1.807) is 0 Å². The van der Waals surface area contributed by atoms with Crippen LogP contribution in [0.5, 0.6) is 5.75 Å². The fraction of sp³-hybridized carbons (Fsp3) is 0.267. The van der Waals surface area contributed by atoms with Crippen molar-refractivity contribution in [2.45, 2.75) is 25.6 Å². The Morgan fingerprint density at radius 2 is 2.33 bits per heavy atom. The number of fused-ring (bicyclic) bond motifs is 1. The van der Waals surface area contributed by atoms with Gasteiger partial charge in [-0.25, -0.2) is 9.13 Å². The molecule has 18 heavy (non-hydrogen) atoms. The number of ether oxygens (including phenoxy) is 1. The highest BCUT2D eigenvalue weighted by Gasteiger charge is 2.24. The fourth-order valence-corrected chi connectivity index (χ4v) is 2.39. The first-order valence-corrected chi connectivity index (χ1v) is 6.25. The van der Waals surface area contributed by atoms with Crippen LogP contribution < -0.4 is 9.30 Å². The lowest BCUT2D eigenvalue weighted by atomic mass is 10.1. The van der Waals surface area contributed by atoms with E-state index in [1.807, 2.05) is 18.2 Å². The fourth-order valence-electron chi connectivity index (χ4n) is 2.39. The highest BCUT2D eigenvalue weighted by atomic mass is 16.5. The molecule has 0 bridgehead atoms. The Balaban J connectivity index is 1.66. The summed E-state index contributed by atoms with van der Waals surface area (Å²) in [6, 6.07) is 8.28. The van der Waals surface area contributed by atoms with Crippen molar-refractivity contribution in [3.8, 4) is 5.75 Å². The van der Waals surface area contributed by atoms with E-state index in [4.69, 9.17) is 4.74 Å². The van der Waals surface area contributed by atoms with Crippen molar-refractivity contribution in [1.82, 2.24) is 4.57 Å². The third-order valence-corrected chi connectivity index (χ3v) is 3.21. The topological polar surface area (TPSA) is 18.0 Å². The van der Waals surface area contributed by atoms with Crippen molar-refractivity contribution in [2.75, 3.05) is 0 Å². The van der Waals surface area contributed by atoms with E-state index in [0.29, 0.717) is 0 Å². The Kier molecular flexibility index (Phi) is 2.89. The van der Waals surface area contributed by atoms with Gasteiger partial charge in [0.2, 0.25) is 6.33 Å². The van der Waals surface area contributed by atoms with Crippen LogP contribution in [0.15, 0.2) is 55.6 Å². The lowest BCUT2D eigenvalue weighted by Gasteiger charge is -2.07. The summed E-state index contributed by atoms with van der Waals surface area (Å²) in [7, 11) is 0. The molecule has 0 aliphatic carbocycles. The first kappa shape index (κ1) is 11.1. The van der Waals surface area contributed by atoms with Crippen LogP contribution in [0.25, 0.3) is 0 Å². The molecule has 1 unspecified atom stereocenters. The molecule has 2 aromatic rings. The van der Waals surface area contributed by atoms with E-state index in [-0.39, 0.29) is 6.10 Å². The van der Waals surface area contributed by atoms with Crippen molar-refractivity contribution in [3.05, 3.63) is 61.2 Å². The van der Waals surface area contributed by atoms with Crippen LogP contribution in [0.4, 0.5) is 0 Å². The molecule has 1 atom stereocenters. The van der Waals surface area contributed by atoms with E-state index < -0.39 is 0 Å². The normalized spacial score (nSPS) is 17.2. The van der Waals surface area contributed by atoms with Gasteiger partial charge in [0.25, 0.3) is 0 Å². The van der Waals surface area contributed by atoms with Crippen molar-refractivity contribution in [2.24, 2.45) is 0 Å². The van der Waals surface area contributed by atoms with Crippen LogP contribution in [-0.4, -0.2) is 10.7 Å². The third-order valence-electron chi connectivity index (χ3n) is 3.21. The molecule has 2 heterocycles. The van der Waals surface area contributed by atoms with Gasteiger partial charge in [0, 0.05) is 6.42 Å². The van der Waals surface area contributed by atoms with Crippen molar-refractivity contribution in [1.29, 1.82) is 0 Å². The quantitative estimate of drug-likeness (QED) is 0.591. The van der Waals surface area contributed by atoms with Gasteiger partial charge in [0.05, 0.1) is 0 Å². The molecule has 0 radical (unpaired) electrons. The van der Waals surface area contributed by atoms with Crippen LogP contribution in [-0.2, 0) is 19.5 Å². The monoisotopic (exact) mass is 241 g/mol. The zero-order valence-electron chi connectivity index (χ0n) is 10.3. The number of allylic oxidation sites excluding steroid dienone is 1. The summed E-state index contributed by atoms with van der Waals surface area (Å²) in [5, 5.41) is 0. The van der Waals surface area contributed by atoms with Crippen molar-refractivity contribution >= 4 is 0 Å². The van der Waals surface area contributed by atoms with Crippen molar-refractivity contribution in [3.63, 3.8) is 0 Å². The number of para-hydroxylation sites is 1. The number of imidazole rings is 1. The minimum Gasteiger partial charge on any atom is -0.486 e. The molecule has 3 rings (SSSR count). The van der Waals surface area contributed by atoms with Gasteiger partial charge in [-0.15, -0.1) is 0 Å². The van der Waals surface area contributed by atoms with Crippen LogP contribution in [0, 0.1) is 0 Å². The summed E-state index contributed by atoms with van der Waals surface area (Å²) in [6.45, 7) is 5.47. The Morgan fingerprint density at radius 3 is 3.17 bits per heavy atom. The summed E-state index contributed by atoms with van der Waals surface area (Å²) in [6.07, 6.45) is 9.36. The number of hydrogen-bond donors (Lipinski definition) is 0. The molecular weight excluding hydrogens is 224 g/mol. The standard InChI is InChI=1S/C15H17N2O/c1-2-7-16-8-9-17(12-16)11-14-10-13-5-3-4-6-15(13)18-14/h2-6,8-9,12,14H,1,7,10-11H2/q+1. The molecule has 1 aliphatic heterocycles. The number of hydrogen-bond acceptors (Lipinski definition) is 1. The third kappa shape index (κ3) is 2.16. The number of nitrogens with zero attached hydrogens (tertiary/aromatic N) is 2. The zero-order chi connectivity index (χ0) is 12.4. The van der Waals surface area contributed by atoms with Crippen LogP contribution >= 0.6 is 0 Å². The molecule has 1 aliphatic rings. The summed E-state index contributed by atoms with van der Waals surface area (Å²) in [5.74, 6) is 1.04. The number of aromatic nitrogens is 2. The molecule has 92 valence electrons. The second kappa shape index (κ2) is 4.69. The molecule has 0 saturated carbocycles. The second-order valence-corrected chi connectivity index (χ2v) is 4.65. The molecule has 3 heteroatoms. The predicted molar refractivity (Wildman–Crippen MR) is 69.4 cm³/mol. The zero-order valence-corrected chi connectivity index (χ0v) is 10.3. The summed E-state index contributed by atoms with van der Waals surface area (Å²) < 4.78 is 10.2. The molecule has 0 saturated heterocycles. The van der Waals surface area contributed by atoms with Gasteiger partial charge in [-0.1, -0.05) is 30.9 Å². The molecule has 1 aromatic heterocycles. The SMILES string of the molecule is C=CCn1cc[n+](CC2Cc3ccccc3O2)c1. The first-order chi connectivity index (χ1) is 8.85. The Morgan fingerprint density at radius 1 is 1.44 bits per heavy atom. The lowest BCUT2D eigenvalue weighted by molar-refractivity contribution is -0.701. The average Bonchev–Trinajstić information content (AvgIpc) is 2.96. The average molecular weight is 241 g/mol. The molecule has 0 N–H and O–H groups in total. The van der Waals surface area contributed by atoms with Gasteiger partial charge in [-0.05, 0) is 11.6 Å². The number of benzene rings is 1. The lowest BCUT2D eigenvalue weighted by Crippen LogP contribution is -2.39. The van der Waals surface area contributed by atoms with Crippen molar-refractivity contribution < 1.29 is 9.30 Å². The Hall–Kier alpha value is -2.03. The second-order valence-electron chi connectivity index (χ2n) is 4.65. The largest absolute Gasteiger partial charge is 0.486 e. The van der Waals surface area contributed by atoms with Gasteiger partial charge >= 0.3 is 0 Å². The Labute approximate surface area is 107 Å². The Bertz CT molecular complexity index is 534. The highest BCUT2D eigenvalue weighted by Crippen LogP contribution is 2.27. The molecule has 0 fully saturated rings. The maximum Gasteiger partial charge on any atom is 0.244 e. The maximum absolute atomic E-state index is 5.93. The van der Waals surface area contributed by atoms with E-state index in [9.17, 15) is 0 Å². The molecular formula is C15H17N2O+. The number of rotatable bonds is 4. The smallest absolute Gasteiger partial charge is 0.244 e. The maximum atomic E-state index is 5.93. The van der Waals surface area contributed by atoms with Gasteiger partial charge in [-0.2, -0.15) is 0 Å². The summed E-state index contributed by atoms with van der Waals surface area (Å²) in [4.78, 5) is 0. The molecule has 1 aromatic carbocycles. The van der Waals surface area contributed by atoms with Crippen LogP contribution in [0.1, 0.15) is 5.56 Å². The van der Waals surface area contributed by atoms with Crippen LogP contribution in [0.3, 0.4) is 0 Å². The molecule has 3 nitrogen and oxygen atoms in total. The molecule has 0 amide bonds. The van der Waals surface area contributed by atoms with Gasteiger partial charge in [0.1, 0.15) is 37.3 Å². The highest BCUT2D eigenvalue weighted by molar-refractivity contribution is 5.36. The van der Waals surface area contributed by atoms with E-state index in [1.165, 1.54) is 5.56 Å². The summed E-state index contributed by atoms with van der Waals surface area (Å²) >= 11 is 0. The van der Waals surface area contributed by atoms with Gasteiger partial charge in [0.15, 0.2) is 0 Å². The van der Waals surface area contributed by atoms with E-state index in [2.05, 4.69) is 46.6 Å². The van der Waals surface area contributed by atoms with Gasteiger partial charge in [-0.3, -0.25) is 0 Å². The summed E-state index contributed by atoms with van der Waals surface area (Å²) in [5.41, 5.74) is 1.31. The van der Waals surface area contributed by atoms with Crippen LogP contribution in [0.2, 0.25) is 0 Å². The minimum absolute atomic E-state index is 0.243. The predicted octanol–water partition coefficient (Wildman–Crippen LogP) is 1.97. The van der Waals surface area contributed by atoms with E-state index in [0.717, 1.165) is 25.3 Å². The minimum atomic E-state index is 0.243. The van der Waals surface area contributed by atoms with E-state index >= 15 is 0 Å².